The molecule has 0 saturated carbocycles. The first-order valence-electron chi connectivity index (χ1n) is 9.23. The SMILES string of the molecule is C=C(F)C(=O)Nc1cc(-n2nc(-c3ccc(C(F)(F)F)cc3)c3cccnc32)c(Cl)cc1Cl. The van der Waals surface area contributed by atoms with Crippen LogP contribution in [0, 0.1) is 0 Å². The van der Waals surface area contributed by atoms with Crippen LogP contribution in [0.3, 0.4) is 0 Å². The highest BCUT2D eigenvalue weighted by molar-refractivity contribution is 6.38. The lowest BCUT2D eigenvalue weighted by atomic mass is 10.1. The first-order valence-corrected chi connectivity index (χ1v) is 9.98. The van der Waals surface area contributed by atoms with Gasteiger partial charge in [0.15, 0.2) is 11.5 Å². The Balaban J connectivity index is 1.87. The monoisotopic (exact) mass is 494 g/mol. The maximum atomic E-state index is 13.1. The molecule has 2 heterocycles. The van der Waals surface area contributed by atoms with Crippen molar-refractivity contribution in [2.45, 2.75) is 6.18 Å². The van der Waals surface area contributed by atoms with Gasteiger partial charge in [0.1, 0.15) is 5.69 Å². The van der Waals surface area contributed by atoms with E-state index in [4.69, 9.17) is 23.2 Å². The smallest absolute Gasteiger partial charge is 0.319 e. The minimum absolute atomic E-state index is 0.0470. The summed E-state index contributed by atoms with van der Waals surface area (Å²) in [5, 5.41) is 7.53. The van der Waals surface area contributed by atoms with E-state index in [1.54, 1.807) is 12.1 Å². The maximum absolute atomic E-state index is 13.1. The minimum Gasteiger partial charge on any atom is -0.319 e. The van der Waals surface area contributed by atoms with E-state index in [9.17, 15) is 22.4 Å². The van der Waals surface area contributed by atoms with Gasteiger partial charge in [0.25, 0.3) is 5.91 Å². The molecule has 0 atom stereocenters. The zero-order valence-electron chi connectivity index (χ0n) is 16.4. The number of hydrogen-bond acceptors (Lipinski definition) is 3. The van der Waals surface area contributed by atoms with Crippen molar-refractivity contribution in [1.29, 1.82) is 0 Å². The largest absolute Gasteiger partial charge is 0.416 e. The van der Waals surface area contributed by atoms with Gasteiger partial charge < -0.3 is 5.32 Å². The Morgan fingerprint density at radius 2 is 1.76 bits per heavy atom. The molecule has 168 valence electrons. The molecule has 1 amide bonds. The van der Waals surface area contributed by atoms with Crippen LogP contribution in [-0.4, -0.2) is 20.7 Å². The van der Waals surface area contributed by atoms with Crippen LogP contribution in [0.5, 0.6) is 0 Å². The highest BCUT2D eigenvalue weighted by Crippen LogP contribution is 2.36. The summed E-state index contributed by atoms with van der Waals surface area (Å²) < 4.78 is 53.3. The Morgan fingerprint density at radius 3 is 2.39 bits per heavy atom. The number of carbonyl (C=O) groups excluding carboxylic acids is 1. The Labute approximate surface area is 194 Å². The standard InChI is InChI=1S/C22H12Cl2F4N4O/c1-11(25)21(33)30-17-10-18(16(24)9-15(17)23)32-20-14(3-2-8-29-20)19(31-32)12-4-6-13(7-5-12)22(26,27)28/h2-10H,1H2,(H,30,33). The molecule has 0 fully saturated rings. The van der Waals surface area contributed by atoms with Crippen LogP contribution in [0.15, 0.2) is 67.1 Å². The number of alkyl halides is 3. The Bertz CT molecular complexity index is 1400. The lowest BCUT2D eigenvalue weighted by Gasteiger charge is -2.11. The average molecular weight is 495 g/mol. The molecule has 2 aromatic heterocycles. The predicted molar refractivity (Wildman–Crippen MR) is 118 cm³/mol. The van der Waals surface area contributed by atoms with Crippen LogP contribution in [0.25, 0.3) is 28.0 Å². The number of pyridine rings is 1. The fourth-order valence-electron chi connectivity index (χ4n) is 3.14. The third-order valence-corrected chi connectivity index (χ3v) is 5.30. The van der Waals surface area contributed by atoms with Crippen molar-refractivity contribution in [3.05, 3.63) is 82.7 Å². The minimum atomic E-state index is -4.47. The Kier molecular flexibility index (Phi) is 5.85. The third kappa shape index (κ3) is 4.42. The third-order valence-electron chi connectivity index (χ3n) is 4.69. The number of rotatable bonds is 4. The number of anilines is 1. The number of aromatic nitrogens is 3. The second-order valence-electron chi connectivity index (χ2n) is 6.85. The summed E-state index contributed by atoms with van der Waals surface area (Å²) in [6.45, 7) is 2.93. The molecule has 0 aliphatic rings. The van der Waals surface area contributed by atoms with Gasteiger partial charge in [0, 0.05) is 17.1 Å². The lowest BCUT2D eigenvalue weighted by molar-refractivity contribution is -0.137. The summed E-state index contributed by atoms with van der Waals surface area (Å²) in [6, 6.07) is 10.6. The summed E-state index contributed by atoms with van der Waals surface area (Å²) in [7, 11) is 0. The van der Waals surface area contributed by atoms with E-state index in [-0.39, 0.29) is 21.4 Å². The Morgan fingerprint density at radius 1 is 1.06 bits per heavy atom. The van der Waals surface area contributed by atoms with Gasteiger partial charge in [-0.3, -0.25) is 4.79 Å². The first kappa shape index (κ1) is 22.8. The summed E-state index contributed by atoms with van der Waals surface area (Å²) in [4.78, 5) is 16.0. The Hall–Kier alpha value is -3.43. The molecular formula is C22H12Cl2F4N4O. The molecule has 0 spiro atoms. The van der Waals surface area contributed by atoms with Gasteiger partial charge in [0.05, 0.1) is 27.0 Å². The van der Waals surface area contributed by atoms with Gasteiger partial charge in [0.2, 0.25) is 0 Å². The number of hydrogen-bond donors (Lipinski definition) is 1. The summed E-state index contributed by atoms with van der Waals surface area (Å²) in [6.07, 6.45) is -2.96. The molecule has 0 bridgehead atoms. The van der Waals surface area contributed by atoms with E-state index in [2.05, 4.69) is 22.0 Å². The van der Waals surface area contributed by atoms with Gasteiger partial charge in [-0.1, -0.05) is 41.9 Å². The summed E-state index contributed by atoms with van der Waals surface area (Å²) in [5.41, 5.74) is 0.651. The molecule has 33 heavy (non-hydrogen) atoms. The molecule has 2 aromatic carbocycles. The number of nitrogens with zero attached hydrogens (tertiary/aromatic N) is 3. The maximum Gasteiger partial charge on any atom is 0.416 e. The van der Waals surface area contributed by atoms with Gasteiger partial charge >= 0.3 is 6.18 Å². The quantitative estimate of drug-likeness (QED) is 0.249. The molecule has 1 N–H and O–H groups in total. The highest BCUT2D eigenvalue weighted by atomic mass is 35.5. The van der Waals surface area contributed by atoms with Crippen molar-refractivity contribution in [2.75, 3.05) is 5.32 Å². The molecule has 0 unspecified atom stereocenters. The number of amides is 1. The number of nitrogens with one attached hydrogen (secondary N) is 1. The van der Waals surface area contributed by atoms with Crippen LogP contribution >= 0.6 is 23.2 Å². The predicted octanol–water partition coefficient (Wildman–Crippen LogP) is 6.83. The summed E-state index contributed by atoms with van der Waals surface area (Å²) >= 11 is 12.5. The van der Waals surface area contributed by atoms with E-state index in [1.807, 2.05) is 0 Å². The molecule has 4 rings (SSSR count). The highest BCUT2D eigenvalue weighted by Gasteiger charge is 2.30. The zero-order valence-corrected chi connectivity index (χ0v) is 17.9. The molecular weight excluding hydrogens is 483 g/mol. The van der Waals surface area contributed by atoms with E-state index in [1.165, 1.54) is 35.1 Å². The zero-order chi connectivity index (χ0) is 23.9. The van der Waals surface area contributed by atoms with Crippen LogP contribution in [0.4, 0.5) is 23.2 Å². The van der Waals surface area contributed by atoms with Crippen molar-refractivity contribution in [2.24, 2.45) is 0 Å². The summed E-state index contributed by atoms with van der Waals surface area (Å²) in [5.74, 6) is -2.29. The number of halogens is 6. The molecule has 0 radical (unpaired) electrons. The van der Waals surface area contributed by atoms with E-state index < -0.39 is 23.5 Å². The molecule has 0 aliphatic heterocycles. The molecule has 0 aliphatic carbocycles. The topological polar surface area (TPSA) is 59.8 Å². The van der Waals surface area contributed by atoms with Crippen LogP contribution in [-0.2, 0) is 11.0 Å². The van der Waals surface area contributed by atoms with Crippen molar-refractivity contribution < 1.29 is 22.4 Å². The molecule has 5 nitrogen and oxygen atoms in total. The van der Waals surface area contributed by atoms with Gasteiger partial charge in [-0.15, -0.1) is 0 Å². The van der Waals surface area contributed by atoms with E-state index >= 15 is 0 Å². The van der Waals surface area contributed by atoms with Crippen LogP contribution in [0.2, 0.25) is 10.0 Å². The van der Waals surface area contributed by atoms with Crippen molar-refractivity contribution in [3.8, 4) is 16.9 Å². The second-order valence-corrected chi connectivity index (χ2v) is 7.67. The number of carbonyl (C=O) groups is 1. The normalized spacial score (nSPS) is 11.6. The second kappa shape index (κ2) is 8.49. The van der Waals surface area contributed by atoms with Crippen molar-refractivity contribution in [1.82, 2.24) is 14.8 Å². The van der Waals surface area contributed by atoms with Crippen LogP contribution in [0.1, 0.15) is 5.56 Å². The fraction of sp³-hybridized carbons (Fsp3) is 0.0455. The van der Waals surface area contributed by atoms with E-state index in [0.717, 1.165) is 12.1 Å². The molecule has 4 aromatic rings. The number of benzene rings is 2. The van der Waals surface area contributed by atoms with Gasteiger partial charge in [-0.25, -0.2) is 14.1 Å². The molecule has 11 heteroatoms. The number of fused-ring (bicyclic) bond motifs is 1. The van der Waals surface area contributed by atoms with Crippen molar-refractivity contribution in [3.63, 3.8) is 0 Å². The van der Waals surface area contributed by atoms with Crippen LogP contribution < -0.4 is 5.32 Å². The van der Waals surface area contributed by atoms with Gasteiger partial charge in [-0.2, -0.15) is 18.3 Å². The lowest BCUT2D eigenvalue weighted by Crippen LogP contribution is -2.12. The molecule has 0 saturated heterocycles. The van der Waals surface area contributed by atoms with Gasteiger partial charge in [-0.05, 0) is 36.4 Å². The van der Waals surface area contributed by atoms with Crippen molar-refractivity contribution >= 4 is 45.8 Å². The van der Waals surface area contributed by atoms with E-state index in [0.29, 0.717) is 22.3 Å². The first-order chi connectivity index (χ1) is 15.6. The fourth-order valence-corrected chi connectivity index (χ4v) is 3.65. The average Bonchev–Trinajstić information content (AvgIpc) is 3.14.